The quantitative estimate of drug-likeness (QED) is 0.174. The van der Waals surface area contributed by atoms with Gasteiger partial charge >= 0.3 is 8.19 Å². The molecule has 0 unspecified atom stereocenters. The third kappa shape index (κ3) is 7.89. The highest BCUT2D eigenvalue weighted by molar-refractivity contribution is 7.95. The van der Waals surface area contributed by atoms with Gasteiger partial charge in [-0.25, -0.2) is 0 Å². The van der Waals surface area contributed by atoms with Crippen LogP contribution in [0.1, 0.15) is 22.3 Å². The largest absolute Gasteiger partial charge is 0.573 e. The second-order valence-corrected chi connectivity index (χ2v) is 14.6. The zero-order valence-electron chi connectivity index (χ0n) is 22.2. The van der Waals surface area contributed by atoms with Crippen LogP contribution in [0.4, 0.5) is 12.6 Å². The smallest absolute Gasteiger partial charge is 0.0620 e. The Hall–Kier alpha value is -3.25. The molecule has 0 heterocycles. The molecule has 5 rings (SSSR count). The van der Waals surface area contributed by atoms with Gasteiger partial charge < -0.3 is 0 Å². The van der Waals surface area contributed by atoms with E-state index in [1.807, 2.05) is 6.92 Å². The van der Waals surface area contributed by atoms with Gasteiger partial charge in [0.25, 0.3) is 0 Å². The molecular weight excluding hydrogens is 527 g/mol. The third-order valence-corrected chi connectivity index (χ3v) is 11.7. The summed E-state index contributed by atoms with van der Waals surface area (Å²) in [6.07, 6.45) is 0.304. The molecule has 0 saturated heterocycles. The lowest BCUT2D eigenvalue weighted by Gasteiger charge is -2.27. The molecule has 0 aliphatic carbocycles. The SMILES string of the molecule is Cc1ccc(C[P+](F)(F)F)cc1.Cc1ccc(C[P+](c2ccccc2)(c2ccccc2)c2ccccc2)cc1. The van der Waals surface area contributed by atoms with Crippen molar-refractivity contribution < 1.29 is 12.6 Å². The molecule has 198 valence electrons. The van der Waals surface area contributed by atoms with Crippen molar-refractivity contribution in [3.63, 3.8) is 0 Å². The highest BCUT2D eigenvalue weighted by atomic mass is 31.3. The molecule has 0 N–H and O–H groups in total. The molecule has 0 fully saturated rings. The predicted molar refractivity (Wildman–Crippen MR) is 165 cm³/mol. The maximum atomic E-state index is 12.0. The Morgan fingerprint density at radius 3 is 1.03 bits per heavy atom. The normalized spacial score (nSPS) is 11.4. The van der Waals surface area contributed by atoms with Crippen LogP contribution >= 0.6 is 15.5 Å². The number of rotatable bonds is 7. The van der Waals surface area contributed by atoms with E-state index < -0.39 is 21.6 Å². The van der Waals surface area contributed by atoms with Crippen molar-refractivity contribution in [2.75, 3.05) is 0 Å². The molecule has 5 aromatic carbocycles. The molecule has 0 bridgehead atoms. The van der Waals surface area contributed by atoms with Crippen LogP contribution in [0.25, 0.3) is 0 Å². The fraction of sp³-hybridized carbons (Fsp3) is 0.118. The summed E-state index contributed by atoms with van der Waals surface area (Å²) in [6, 6.07) is 48.7. The Bertz CT molecular complexity index is 1320. The van der Waals surface area contributed by atoms with E-state index >= 15 is 0 Å². The first kappa shape index (κ1) is 28.8. The minimum Gasteiger partial charge on any atom is -0.0620 e. The molecule has 5 heteroatoms. The van der Waals surface area contributed by atoms with Crippen LogP contribution in [0, 0.1) is 13.8 Å². The highest BCUT2D eigenvalue weighted by Gasteiger charge is 2.45. The number of hydrogen-bond acceptors (Lipinski definition) is 0. The summed E-state index contributed by atoms with van der Waals surface area (Å²) in [7, 11) is -6.94. The lowest BCUT2D eigenvalue weighted by Crippen LogP contribution is -2.32. The summed E-state index contributed by atoms with van der Waals surface area (Å²) in [6.45, 7) is 4.00. The van der Waals surface area contributed by atoms with Crippen LogP contribution < -0.4 is 15.9 Å². The first-order valence-electron chi connectivity index (χ1n) is 12.9. The van der Waals surface area contributed by atoms with E-state index in [4.69, 9.17) is 0 Å². The number of aryl methyl sites for hydroxylation is 2. The van der Waals surface area contributed by atoms with E-state index in [0.717, 1.165) is 11.7 Å². The van der Waals surface area contributed by atoms with Crippen molar-refractivity contribution in [3.05, 3.63) is 162 Å². The Balaban J connectivity index is 0.000000247. The zero-order chi connectivity index (χ0) is 27.7. The molecule has 39 heavy (non-hydrogen) atoms. The summed E-state index contributed by atoms with van der Waals surface area (Å²) in [5.41, 5.74) is 4.05. The van der Waals surface area contributed by atoms with Crippen molar-refractivity contribution in [1.82, 2.24) is 0 Å². The number of benzene rings is 5. The van der Waals surface area contributed by atoms with E-state index in [1.165, 1.54) is 39.2 Å². The summed E-state index contributed by atoms with van der Waals surface area (Å²) in [5.74, 6) is 0. The van der Waals surface area contributed by atoms with Crippen molar-refractivity contribution in [3.8, 4) is 0 Å². The predicted octanol–water partition coefficient (Wildman–Crippen LogP) is 9.66. The van der Waals surface area contributed by atoms with Crippen LogP contribution in [-0.4, -0.2) is 0 Å². The topological polar surface area (TPSA) is 0 Å². The van der Waals surface area contributed by atoms with Gasteiger partial charge in [0.15, 0.2) is 6.16 Å². The fourth-order valence-corrected chi connectivity index (χ4v) is 9.51. The van der Waals surface area contributed by atoms with Crippen LogP contribution in [0.15, 0.2) is 140 Å². The highest BCUT2D eigenvalue weighted by Crippen LogP contribution is 2.66. The monoisotopic (exact) mass is 560 g/mol. The molecule has 0 spiro atoms. The van der Waals surface area contributed by atoms with E-state index in [0.29, 0.717) is 5.56 Å². The van der Waals surface area contributed by atoms with Crippen molar-refractivity contribution in [2.45, 2.75) is 26.2 Å². The summed E-state index contributed by atoms with van der Waals surface area (Å²) in [4.78, 5) is 0. The fourth-order valence-electron chi connectivity index (χ4n) is 4.64. The van der Waals surface area contributed by atoms with Crippen LogP contribution in [0.2, 0.25) is 0 Å². The van der Waals surface area contributed by atoms with Gasteiger partial charge in [0.2, 0.25) is 0 Å². The average Bonchev–Trinajstić information content (AvgIpc) is 2.95. The molecule has 0 amide bonds. The Kier molecular flexibility index (Phi) is 9.73. The lowest BCUT2D eigenvalue weighted by atomic mass is 10.2. The molecule has 0 nitrogen and oxygen atoms in total. The van der Waals surface area contributed by atoms with E-state index in [2.05, 4.69) is 122 Å². The second kappa shape index (κ2) is 13.2. The van der Waals surface area contributed by atoms with Crippen LogP contribution in [0.3, 0.4) is 0 Å². The summed E-state index contributed by atoms with van der Waals surface area (Å²) < 4.78 is 35.9. The maximum absolute atomic E-state index is 12.0. The van der Waals surface area contributed by atoms with Crippen LogP contribution in [-0.2, 0) is 12.3 Å². The minimum absolute atomic E-state index is 0.362. The summed E-state index contributed by atoms with van der Waals surface area (Å²) in [5, 5.41) is 4.30. The van der Waals surface area contributed by atoms with E-state index in [1.54, 1.807) is 12.1 Å². The van der Waals surface area contributed by atoms with Gasteiger partial charge in [0.05, 0.1) is 6.16 Å². The third-order valence-electron chi connectivity index (χ3n) is 6.61. The molecular formula is C34H33F3P2+2. The second-order valence-electron chi connectivity index (χ2n) is 9.65. The van der Waals surface area contributed by atoms with Gasteiger partial charge in [-0.15, -0.1) is 0 Å². The minimum atomic E-state index is -5.15. The molecule has 0 aliphatic rings. The number of halogens is 3. The Morgan fingerprint density at radius 1 is 0.410 bits per heavy atom. The Morgan fingerprint density at radius 2 is 0.718 bits per heavy atom. The molecule has 0 atom stereocenters. The van der Waals surface area contributed by atoms with E-state index in [-0.39, 0.29) is 0 Å². The van der Waals surface area contributed by atoms with Gasteiger partial charge in [-0.2, -0.15) is 0 Å². The zero-order valence-corrected chi connectivity index (χ0v) is 24.0. The van der Waals surface area contributed by atoms with Gasteiger partial charge in [-0.05, 0) is 61.4 Å². The molecule has 0 aromatic heterocycles. The van der Waals surface area contributed by atoms with Gasteiger partial charge in [-0.1, -0.05) is 114 Å². The molecule has 0 aliphatic heterocycles. The molecule has 5 aromatic rings. The van der Waals surface area contributed by atoms with Crippen molar-refractivity contribution in [1.29, 1.82) is 0 Å². The van der Waals surface area contributed by atoms with Gasteiger partial charge in [0, 0.05) is 12.6 Å². The molecule has 0 saturated carbocycles. The first-order chi connectivity index (χ1) is 18.8. The average molecular weight is 561 g/mol. The summed E-state index contributed by atoms with van der Waals surface area (Å²) >= 11 is 0. The maximum Gasteiger partial charge on any atom is 0.573 e. The number of hydrogen-bond donors (Lipinski definition) is 0. The standard InChI is InChI=1S/C26H24P.C8H9F3P/c1-22-17-19-23(20-18-22)21-27(24-11-5-2-6-12-24,25-13-7-3-8-14-25)26-15-9-4-10-16-26;1-7-2-4-8(5-3-7)6-12(9,10)11/h2-20H,21H2,1H3;2-5H,6H2,1H3/q2*+1. The van der Waals surface area contributed by atoms with Crippen LogP contribution in [0.5, 0.6) is 0 Å². The van der Waals surface area contributed by atoms with Crippen molar-refractivity contribution in [2.24, 2.45) is 0 Å². The lowest BCUT2D eigenvalue weighted by molar-refractivity contribution is 0.581. The Labute approximate surface area is 231 Å². The van der Waals surface area contributed by atoms with Crippen molar-refractivity contribution >= 4 is 31.4 Å². The first-order valence-corrected chi connectivity index (χ1v) is 16.5. The van der Waals surface area contributed by atoms with Gasteiger partial charge in [-0.3, -0.25) is 0 Å². The van der Waals surface area contributed by atoms with E-state index in [9.17, 15) is 12.6 Å². The van der Waals surface area contributed by atoms with Gasteiger partial charge in [0.1, 0.15) is 23.2 Å². The molecule has 0 radical (unpaired) electrons.